The van der Waals surface area contributed by atoms with Gasteiger partial charge in [-0.1, -0.05) is 12.1 Å². The van der Waals surface area contributed by atoms with E-state index in [1.54, 1.807) is 0 Å². The Morgan fingerprint density at radius 1 is 1.12 bits per heavy atom. The molecule has 1 nitrogen and oxygen atoms in total. The summed E-state index contributed by atoms with van der Waals surface area (Å²) in [6.45, 7) is 0. The van der Waals surface area contributed by atoms with Crippen molar-refractivity contribution in [3.63, 3.8) is 0 Å². The van der Waals surface area contributed by atoms with Gasteiger partial charge in [0.15, 0.2) is 0 Å². The number of aliphatic hydroxyl groups is 1. The molecule has 0 aliphatic heterocycles. The van der Waals surface area contributed by atoms with Crippen molar-refractivity contribution in [1.29, 1.82) is 0 Å². The molecular weight excluding hydrogens is 224 g/mol. The van der Waals surface area contributed by atoms with Gasteiger partial charge in [-0.25, -0.2) is 4.39 Å². The molecule has 1 N–H and O–H groups in total. The van der Waals surface area contributed by atoms with Crippen LogP contribution in [-0.4, -0.2) is 11.3 Å². The van der Waals surface area contributed by atoms with Crippen molar-refractivity contribution in [2.75, 3.05) is 0 Å². The van der Waals surface area contributed by atoms with E-state index in [1.807, 2.05) is 0 Å². The zero-order valence-corrected chi connectivity index (χ0v) is 8.47. The molecule has 0 spiro atoms. The highest BCUT2D eigenvalue weighted by atomic mass is 19.4. The van der Waals surface area contributed by atoms with Crippen molar-refractivity contribution < 1.29 is 22.7 Å². The molecule has 0 saturated heterocycles. The van der Waals surface area contributed by atoms with Crippen molar-refractivity contribution >= 4 is 0 Å². The average molecular weight is 236 g/mol. The van der Waals surface area contributed by atoms with E-state index >= 15 is 0 Å². The number of halogens is 4. The summed E-state index contributed by atoms with van der Waals surface area (Å²) in [5.41, 5.74) is 0.434. The second kappa shape index (κ2) is 5.30. The van der Waals surface area contributed by atoms with Gasteiger partial charge < -0.3 is 5.11 Å². The molecule has 0 fully saturated rings. The molecule has 1 rings (SSSR count). The first-order valence-corrected chi connectivity index (χ1v) is 4.89. The second-order valence-electron chi connectivity index (χ2n) is 3.57. The molecule has 0 heterocycles. The lowest BCUT2D eigenvalue weighted by Gasteiger charge is -2.11. The summed E-state index contributed by atoms with van der Waals surface area (Å²) in [7, 11) is 0. The molecule has 1 aromatic rings. The Morgan fingerprint density at radius 3 is 2.19 bits per heavy atom. The molecule has 1 aromatic carbocycles. The van der Waals surface area contributed by atoms with Crippen molar-refractivity contribution in [3.8, 4) is 0 Å². The standard InChI is InChI=1S/C11H12F4O/c12-9-5-3-8(4-6-9)10(16)2-1-7-11(13,14)15/h3-6,10,16H,1-2,7H2. The van der Waals surface area contributed by atoms with Gasteiger partial charge in [-0.15, -0.1) is 0 Å². The zero-order valence-electron chi connectivity index (χ0n) is 8.47. The van der Waals surface area contributed by atoms with Crippen LogP contribution in [0, 0.1) is 5.82 Å². The summed E-state index contributed by atoms with van der Waals surface area (Å²) < 4.78 is 48.0. The molecule has 0 aliphatic carbocycles. The Kier molecular flexibility index (Phi) is 4.29. The smallest absolute Gasteiger partial charge is 0.388 e. The van der Waals surface area contributed by atoms with Gasteiger partial charge in [0, 0.05) is 6.42 Å². The minimum absolute atomic E-state index is 0.0190. The summed E-state index contributed by atoms with van der Waals surface area (Å²) in [6, 6.07) is 5.08. The lowest BCUT2D eigenvalue weighted by Crippen LogP contribution is -2.08. The summed E-state index contributed by atoms with van der Waals surface area (Å²) in [4.78, 5) is 0. The van der Waals surface area contributed by atoms with Gasteiger partial charge in [0.1, 0.15) is 5.82 Å². The van der Waals surface area contributed by atoms with Crippen LogP contribution in [0.15, 0.2) is 24.3 Å². The van der Waals surface area contributed by atoms with Gasteiger partial charge in [0.25, 0.3) is 0 Å². The zero-order chi connectivity index (χ0) is 12.2. The first kappa shape index (κ1) is 13.0. The van der Waals surface area contributed by atoms with E-state index < -0.39 is 24.5 Å². The van der Waals surface area contributed by atoms with Crippen molar-refractivity contribution in [1.82, 2.24) is 0 Å². The van der Waals surface area contributed by atoms with Crippen LogP contribution in [0.5, 0.6) is 0 Å². The number of rotatable bonds is 4. The highest BCUT2D eigenvalue weighted by Gasteiger charge is 2.26. The van der Waals surface area contributed by atoms with Crippen LogP contribution >= 0.6 is 0 Å². The summed E-state index contributed by atoms with van der Waals surface area (Å²) in [5, 5.41) is 9.52. The largest absolute Gasteiger partial charge is 0.389 e. The second-order valence-corrected chi connectivity index (χ2v) is 3.57. The van der Waals surface area contributed by atoms with Crippen LogP contribution in [0.3, 0.4) is 0 Å². The molecule has 0 bridgehead atoms. The lowest BCUT2D eigenvalue weighted by molar-refractivity contribution is -0.136. The molecular formula is C11H12F4O. The Bertz CT molecular complexity index is 318. The van der Waals surface area contributed by atoms with Crippen LogP contribution in [-0.2, 0) is 0 Å². The van der Waals surface area contributed by atoms with Crippen LogP contribution in [0.4, 0.5) is 17.6 Å². The molecule has 1 unspecified atom stereocenters. The number of hydrogen-bond donors (Lipinski definition) is 1. The van der Waals surface area contributed by atoms with Gasteiger partial charge in [-0.2, -0.15) is 13.2 Å². The first-order valence-electron chi connectivity index (χ1n) is 4.89. The highest BCUT2D eigenvalue weighted by molar-refractivity contribution is 5.18. The van der Waals surface area contributed by atoms with Gasteiger partial charge in [-0.05, 0) is 30.5 Å². The van der Waals surface area contributed by atoms with Crippen molar-refractivity contribution in [2.45, 2.75) is 31.5 Å². The number of alkyl halides is 3. The fraction of sp³-hybridized carbons (Fsp3) is 0.455. The average Bonchev–Trinajstić information content (AvgIpc) is 2.16. The third-order valence-corrected chi connectivity index (χ3v) is 2.19. The molecule has 90 valence electrons. The van der Waals surface area contributed by atoms with Crippen LogP contribution in [0.2, 0.25) is 0 Å². The topological polar surface area (TPSA) is 20.2 Å². The van der Waals surface area contributed by atoms with Gasteiger partial charge in [-0.3, -0.25) is 0 Å². The molecule has 0 amide bonds. The third-order valence-electron chi connectivity index (χ3n) is 2.19. The molecule has 0 aliphatic rings. The number of hydrogen-bond acceptors (Lipinski definition) is 1. The summed E-state index contributed by atoms with van der Waals surface area (Å²) in [5.74, 6) is -0.439. The molecule has 1 atom stereocenters. The van der Waals surface area contributed by atoms with Gasteiger partial charge >= 0.3 is 6.18 Å². The molecule has 0 aromatic heterocycles. The monoisotopic (exact) mass is 236 g/mol. The van der Waals surface area contributed by atoms with E-state index in [-0.39, 0.29) is 12.8 Å². The van der Waals surface area contributed by atoms with Gasteiger partial charge in [0.2, 0.25) is 0 Å². The van der Waals surface area contributed by atoms with Crippen LogP contribution < -0.4 is 0 Å². The fourth-order valence-electron chi connectivity index (χ4n) is 1.35. The van der Waals surface area contributed by atoms with Crippen LogP contribution in [0.25, 0.3) is 0 Å². The highest BCUT2D eigenvalue weighted by Crippen LogP contribution is 2.26. The van der Waals surface area contributed by atoms with E-state index in [0.717, 1.165) is 0 Å². The summed E-state index contributed by atoms with van der Waals surface area (Å²) >= 11 is 0. The SMILES string of the molecule is OC(CCCC(F)(F)F)c1ccc(F)cc1. The van der Waals surface area contributed by atoms with Crippen molar-refractivity contribution in [3.05, 3.63) is 35.6 Å². The molecule has 0 saturated carbocycles. The first-order chi connectivity index (χ1) is 7.38. The molecule has 16 heavy (non-hydrogen) atoms. The van der Waals surface area contributed by atoms with Crippen molar-refractivity contribution in [2.24, 2.45) is 0 Å². The Balaban J connectivity index is 2.41. The summed E-state index contributed by atoms with van der Waals surface area (Å²) in [6.07, 6.45) is -6.19. The maximum Gasteiger partial charge on any atom is 0.389 e. The number of benzene rings is 1. The predicted octanol–water partition coefficient (Wildman–Crippen LogP) is 3.59. The molecule has 0 radical (unpaired) electrons. The lowest BCUT2D eigenvalue weighted by atomic mass is 10.0. The van der Waals surface area contributed by atoms with E-state index in [9.17, 15) is 22.7 Å². The Labute approximate surface area is 90.7 Å². The molecule has 5 heteroatoms. The van der Waals surface area contributed by atoms with Crippen LogP contribution in [0.1, 0.15) is 30.9 Å². The minimum Gasteiger partial charge on any atom is -0.388 e. The predicted molar refractivity (Wildman–Crippen MR) is 51.3 cm³/mol. The third kappa shape index (κ3) is 4.61. The van der Waals surface area contributed by atoms with E-state index in [1.165, 1.54) is 24.3 Å². The Morgan fingerprint density at radius 2 is 1.69 bits per heavy atom. The van der Waals surface area contributed by atoms with Gasteiger partial charge in [0.05, 0.1) is 6.10 Å². The fourth-order valence-corrected chi connectivity index (χ4v) is 1.35. The van der Waals surface area contributed by atoms with E-state index in [2.05, 4.69) is 0 Å². The maximum atomic E-state index is 12.5. The minimum atomic E-state index is -4.19. The quantitative estimate of drug-likeness (QED) is 0.792. The number of aliphatic hydroxyl groups excluding tert-OH is 1. The van der Waals surface area contributed by atoms with E-state index in [0.29, 0.717) is 5.56 Å². The Hall–Kier alpha value is -1.10. The normalized spacial score (nSPS) is 13.8. The maximum absolute atomic E-state index is 12.5. The van der Waals surface area contributed by atoms with E-state index in [4.69, 9.17) is 0 Å².